The van der Waals surface area contributed by atoms with Crippen LogP contribution in [0.3, 0.4) is 0 Å². The minimum Gasteiger partial charge on any atom is -0.376 e. The van der Waals surface area contributed by atoms with Crippen LogP contribution < -0.4 is 0 Å². The van der Waals surface area contributed by atoms with Crippen molar-refractivity contribution >= 4 is 15.9 Å². The van der Waals surface area contributed by atoms with E-state index < -0.39 is 11.7 Å². The summed E-state index contributed by atoms with van der Waals surface area (Å²) in [5, 5.41) is 4.33. The van der Waals surface area contributed by atoms with Crippen LogP contribution in [-0.2, 0) is 22.2 Å². The Balaban J connectivity index is 1.80. The molecule has 3 rings (SSSR count). The molecule has 0 amide bonds. The van der Waals surface area contributed by atoms with Gasteiger partial charge in [-0.15, -0.1) is 0 Å². The summed E-state index contributed by atoms with van der Waals surface area (Å²) in [6.07, 6.45) is -2.78. The summed E-state index contributed by atoms with van der Waals surface area (Å²) in [5.41, 5.74) is 0.188. The van der Waals surface area contributed by atoms with Crippen molar-refractivity contribution in [1.29, 1.82) is 0 Å². The van der Waals surface area contributed by atoms with E-state index in [1.54, 1.807) is 23.0 Å². The van der Waals surface area contributed by atoms with Gasteiger partial charge in [-0.05, 0) is 18.2 Å². The first-order chi connectivity index (χ1) is 10.9. The van der Waals surface area contributed by atoms with Crippen molar-refractivity contribution < 1.29 is 22.6 Å². The zero-order valence-electron chi connectivity index (χ0n) is 12.0. The van der Waals surface area contributed by atoms with Crippen LogP contribution in [0.1, 0.15) is 5.56 Å². The fraction of sp³-hybridized carbons (Fsp3) is 0.400. The Kier molecular flexibility index (Phi) is 4.74. The number of hydrogen-bond donors (Lipinski definition) is 0. The van der Waals surface area contributed by atoms with Crippen LogP contribution >= 0.6 is 15.9 Å². The zero-order chi connectivity index (χ0) is 16.4. The molecule has 0 saturated carbocycles. The SMILES string of the molecule is FC(F)(F)c1cc(-c2ccn(C[C@H]3COCCO3)n2)ccc1Br. The Bertz CT molecular complexity index is 682. The van der Waals surface area contributed by atoms with Gasteiger partial charge in [0.15, 0.2) is 0 Å². The second-order valence-electron chi connectivity index (χ2n) is 5.18. The third kappa shape index (κ3) is 3.94. The Labute approximate surface area is 139 Å². The summed E-state index contributed by atoms with van der Waals surface area (Å²) in [6, 6.07) is 5.77. The van der Waals surface area contributed by atoms with Gasteiger partial charge in [0, 0.05) is 16.2 Å². The predicted octanol–water partition coefficient (Wildman–Crippen LogP) is 3.75. The summed E-state index contributed by atoms with van der Waals surface area (Å²) in [5.74, 6) is 0. The van der Waals surface area contributed by atoms with E-state index in [0.717, 1.165) is 6.07 Å². The first-order valence-electron chi connectivity index (χ1n) is 7.03. The normalized spacial score (nSPS) is 19.0. The predicted molar refractivity (Wildman–Crippen MR) is 80.9 cm³/mol. The van der Waals surface area contributed by atoms with Gasteiger partial charge in [-0.1, -0.05) is 22.0 Å². The van der Waals surface area contributed by atoms with Crippen LogP contribution in [0.5, 0.6) is 0 Å². The highest BCUT2D eigenvalue weighted by Gasteiger charge is 2.33. The van der Waals surface area contributed by atoms with Crippen molar-refractivity contribution in [2.45, 2.75) is 18.8 Å². The van der Waals surface area contributed by atoms with E-state index in [1.165, 1.54) is 6.07 Å². The first kappa shape index (κ1) is 16.5. The van der Waals surface area contributed by atoms with Crippen molar-refractivity contribution in [1.82, 2.24) is 9.78 Å². The average Bonchev–Trinajstić information content (AvgIpc) is 2.96. The van der Waals surface area contributed by atoms with E-state index in [4.69, 9.17) is 9.47 Å². The lowest BCUT2D eigenvalue weighted by molar-refractivity contribution is -0.138. The van der Waals surface area contributed by atoms with Gasteiger partial charge in [0.25, 0.3) is 0 Å². The molecule has 1 aromatic heterocycles. The van der Waals surface area contributed by atoms with Gasteiger partial charge in [-0.25, -0.2) is 0 Å². The molecule has 4 nitrogen and oxygen atoms in total. The van der Waals surface area contributed by atoms with Gasteiger partial charge in [-0.2, -0.15) is 18.3 Å². The van der Waals surface area contributed by atoms with E-state index in [1.807, 2.05) is 0 Å². The van der Waals surface area contributed by atoms with Crippen LogP contribution in [0.4, 0.5) is 13.2 Å². The average molecular weight is 391 g/mol. The Hall–Kier alpha value is -1.38. The standard InChI is InChI=1S/C15H14BrF3N2O2/c16-13-2-1-10(7-12(13)15(17,18)19)14-3-4-21(20-14)8-11-9-22-5-6-23-11/h1-4,7,11H,5-6,8-9H2/t11-/m0/s1. The minimum atomic E-state index is -4.41. The molecule has 1 atom stereocenters. The lowest BCUT2D eigenvalue weighted by Gasteiger charge is -2.22. The summed E-state index contributed by atoms with van der Waals surface area (Å²) < 4.78 is 51.4. The van der Waals surface area contributed by atoms with Gasteiger partial charge in [0.05, 0.1) is 37.6 Å². The Morgan fingerprint density at radius 2 is 2.09 bits per heavy atom. The van der Waals surface area contributed by atoms with Crippen LogP contribution in [0.2, 0.25) is 0 Å². The lowest BCUT2D eigenvalue weighted by atomic mass is 10.1. The highest BCUT2D eigenvalue weighted by atomic mass is 79.9. The van der Waals surface area contributed by atoms with Crippen LogP contribution in [0.15, 0.2) is 34.9 Å². The quantitative estimate of drug-likeness (QED) is 0.800. The smallest absolute Gasteiger partial charge is 0.376 e. The molecule has 2 heterocycles. The summed E-state index contributed by atoms with van der Waals surface area (Å²) in [4.78, 5) is 0. The molecule has 1 aliphatic heterocycles. The van der Waals surface area contributed by atoms with Gasteiger partial charge in [0.1, 0.15) is 6.10 Å². The van der Waals surface area contributed by atoms with Crippen molar-refractivity contribution in [3.05, 3.63) is 40.5 Å². The second kappa shape index (κ2) is 6.62. The zero-order valence-corrected chi connectivity index (χ0v) is 13.6. The molecule has 1 aliphatic rings. The second-order valence-corrected chi connectivity index (χ2v) is 6.04. The van der Waals surface area contributed by atoms with E-state index in [0.29, 0.717) is 37.6 Å². The van der Waals surface area contributed by atoms with Crippen molar-refractivity contribution in [2.75, 3.05) is 19.8 Å². The van der Waals surface area contributed by atoms with Crippen LogP contribution in [0.25, 0.3) is 11.3 Å². The number of rotatable bonds is 3. The third-order valence-corrected chi connectivity index (χ3v) is 4.18. The maximum atomic E-state index is 13.0. The topological polar surface area (TPSA) is 36.3 Å². The monoisotopic (exact) mass is 390 g/mol. The molecule has 0 aliphatic carbocycles. The molecule has 1 fully saturated rings. The number of benzene rings is 1. The van der Waals surface area contributed by atoms with Gasteiger partial charge >= 0.3 is 6.18 Å². The van der Waals surface area contributed by atoms with E-state index in [9.17, 15) is 13.2 Å². The van der Waals surface area contributed by atoms with Gasteiger partial charge < -0.3 is 9.47 Å². The van der Waals surface area contributed by atoms with Crippen LogP contribution in [-0.4, -0.2) is 35.7 Å². The molecule has 2 aromatic rings. The molecular formula is C15H14BrF3N2O2. The third-order valence-electron chi connectivity index (χ3n) is 3.48. The maximum absolute atomic E-state index is 13.0. The molecule has 23 heavy (non-hydrogen) atoms. The molecule has 124 valence electrons. The number of ether oxygens (including phenoxy) is 2. The van der Waals surface area contributed by atoms with Gasteiger partial charge in [-0.3, -0.25) is 4.68 Å². The molecule has 0 bridgehead atoms. The van der Waals surface area contributed by atoms with Crippen molar-refractivity contribution in [3.8, 4) is 11.3 Å². The van der Waals surface area contributed by atoms with Gasteiger partial charge in [0.2, 0.25) is 0 Å². The molecule has 1 saturated heterocycles. The number of hydrogen-bond acceptors (Lipinski definition) is 3. The fourth-order valence-corrected chi connectivity index (χ4v) is 2.84. The Morgan fingerprint density at radius 1 is 1.26 bits per heavy atom. The van der Waals surface area contributed by atoms with E-state index >= 15 is 0 Å². The highest BCUT2D eigenvalue weighted by molar-refractivity contribution is 9.10. The molecule has 0 N–H and O–H groups in total. The molecule has 0 unspecified atom stereocenters. The van der Waals surface area contributed by atoms with E-state index in [2.05, 4.69) is 21.0 Å². The summed E-state index contributed by atoms with van der Waals surface area (Å²) in [6.45, 7) is 2.12. The number of aromatic nitrogens is 2. The lowest BCUT2D eigenvalue weighted by Crippen LogP contribution is -2.32. The maximum Gasteiger partial charge on any atom is 0.417 e. The Morgan fingerprint density at radius 3 is 2.78 bits per heavy atom. The van der Waals surface area contributed by atoms with Crippen LogP contribution in [0, 0.1) is 0 Å². The van der Waals surface area contributed by atoms with Crippen molar-refractivity contribution in [2.24, 2.45) is 0 Å². The number of nitrogens with zero attached hydrogens (tertiary/aromatic N) is 2. The molecule has 0 spiro atoms. The highest BCUT2D eigenvalue weighted by Crippen LogP contribution is 2.37. The summed E-state index contributed by atoms with van der Waals surface area (Å²) in [7, 11) is 0. The molecule has 1 aromatic carbocycles. The number of halogens is 4. The largest absolute Gasteiger partial charge is 0.417 e. The fourth-order valence-electron chi connectivity index (χ4n) is 2.37. The molecule has 8 heteroatoms. The number of alkyl halides is 3. The summed E-state index contributed by atoms with van der Waals surface area (Å²) >= 11 is 2.93. The molecular weight excluding hydrogens is 377 g/mol. The molecule has 0 radical (unpaired) electrons. The first-order valence-corrected chi connectivity index (χ1v) is 7.83. The minimum absolute atomic E-state index is 0.0148. The van der Waals surface area contributed by atoms with Crippen molar-refractivity contribution in [3.63, 3.8) is 0 Å². The van der Waals surface area contributed by atoms with E-state index in [-0.39, 0.29) is 10.6 Å².